The van der Waals surface area contributed by atoms with E-state index in [0.717, 1.165) is 27.6 Å². The van der Waals surface area contributed by atoms with Crippen LogP contribution in [0.15, 0.2) is 59.5 Å². The molecule has 1 atom stereocenters. The summed E-state index contributed by atoms with van der Waals surface area (Å²) < 4.78 is 0. The van der Waals surface area contributed by atoms with Crippen LogP contribution in [0.5, 0.6) is 0 Å². The number of fused-ring (bicyclic) bond motifs is 1. The lowest BCUT2D eigenvalue weighted by molar-refractivity contribution is -0.121. The third-order valence-electron chi connectivity index (χ3n) is 4.58. The van der Waals surface area contributed by atoms with Crippen LogP contribution in [0.3, 0.4) is 0 Å². The zero-order valence-corrected chi connectivity index (χ0v) is 17.5. The third-order valence-corrected chi connectivity index (χ3v) is 6.88. The highest BCUT2D eigenvalue weighted by Crippen LogP contribution is 2.45. The molecule has 1 aromatic heterocycles. The molecule has 3 aromatic rings. The summed E-state index contributed by atoms with van der Waals surface area (Å²) in [5.74, 6) is -0.354. The van der Waals surface area contributed by atoms with E-state index in [1.54, 1.807) is 16.7 Å². The van der Waals surface area contributed by atoms with Gasteiger partial charge in [0.1, 0.15) is 11.6 Å². The second kappa shape index (κ2) is 8.75. The van der Waals surface area contributed by atoms with Crippen molar-refractivity contribution in [2.45, 2.75) is 29.9 Å². The molecule has 1 unspecified atom stereocenters. The number of hydrogen-bond acceptors (Lipinski definition) is 6. The van der Waals surface area contributed by atoms with E-state index >= 15 is 0 Å². The van der Waals surface area contributed by atoms with Crippen molar-refractivity contribution in [3.05, 3.63) is 65.2 Å². The Kier molecular flexibility index (Phi) is 5.92. The number of hydrogen-bond donors (Lipinski definition) is 1. The van der Waals surface area contributed by atoms with E-state index in [1.807, 2.05) is 61.5 Å². The molecular formula is C21H20N4O2S2. The Bertz CT molecular complexity index is 1020. The Labute approximate surface area is 177 Å². The molecule has 6 nitrogen and oxygen atoms in total. The molecule has 148 valence electrons. The van der Waals surface area contributed by atoms with E-state index in [-0.39, 0.29) is 23.6 Å². The summed E-state index contributed by atoms with van der Waals surface area (Å²) in [5, 5.41) is 12.1. The van der Waals surface area contributed by atoms with Crippen LogP contribution in [-0.2, 0) is 16.0 Å². The highest BCUT2D eigenvalue weighted by molar-refractivity contribution is 7.99. The Morgan fingerprint density at radius 3 is 2.66 bits per heavy atom. The highest BCUT2D eigenvalue weighted by Gasteiger charge is 2.30. The summed E-state index contributed by atoms with van der Waals surface area (Å²) in [7, 11) is 0. The van der Waals surface area contributed by atoms with Crippen LogP contribution in [0.2, 0.25) is 0 Å². The first kappa shape index (κ1) is 19.6. The first-order valence-corrected chi connectivity index (χ1v) is 11.1. The standard InChI is InChI=1S/C21H20N4O2S2/c1-2-19-23-24-21(29-19)22-18(26)13-25-15-10-6-7-11-16(15)28-17(12-20(25)27)14-8-4-3-5-9-14/h3-11,17H,2,12-13H2,1H3,(H,22,24,26). The lowest BCUT2D eigenvalue weighted by Gasteiger charge is -2.21. The van der Waals surface area contributed by atoms with Gasteiger partial charge in [0.2, 0.25) is 16.9 Å². The van der Waals surface area contributed by atoms with E-state index in [0.29, 0.717) is 11.6 Å². The van der Waals surface area contributed by atoms with Crippen LogP contribution in [-0.4, -0.2) is 28.6 Å². The summed E-state index contributed by atoms with van der Waals surface area (Å²) in [5.41, 5.74) is 1.87. The van der Waals surface area contributed by atoms with Crippen molar-refractivity contribution in [2.75, 3.05) is 16.8 Å². The topological polar surface area (TPSA) is 75.2 Å². The molecule has 2 amide bonds. The quantitative estimate of drug-likeness (QED) is 0.661. The van der Waals surface area contributed by atoms with Gasteiger partial charge in [-0.2, -0.15) is 0 Å². The summed E-state index contributed by atoms with van der Waals surface area (Å²) >= 11 is 3.01. The molecule has 0 spiro atoms. The lowest BCUT2D eigenvalue weighted by atomic mass is 10.1. The van der Waals surface area contributed by atoms with Crippen molar-refractivity contribution in [3.63, 3.8) is 0 Å². The number of benzene rings is 2. The second-order valence-corrected chi connectivity index (χ2v) is 8.88. The van der Waals surface area contributed by atoms with E-state index in [2.05, 4.69) is 15.5 Å². The molecule has 29 heavy (non-hydrogen) atoms. The van der Waals surface area contributed by atoms with E-state index in [9.17, 15) is 9.59 Å². The number of thioether (sulfide) groups is 1. The fourth-order valence-electron chi connectivity index (χ4n) is 3.15. The largest absolute Gasteiger partial charge is 0.302 e. The van der Waals surface area contributed by atoms with Crippen molar-refractivity contribution < 1.29 is 9.59 Å². The fourth-order valence-corrected chi connectivity index (χ4v) is 5.13. The summed E-state index contributed by atoms with van der Waals surface area (Å²) in [6.45, 7) is 1.93. The SMILES string of the molecule is CCc1nnc(NC(=O)CN2C(=O)CC(c3ccccc3)Sc3ccccc32)s1. The average molecular weight is 425 g/mol. The number of nitrogens with one attached hydrogen (secondary N) is 1. The maximum absolute atomic E-state index is 13.1. The van der Waals surface area contributed by atoms with E-state index in [1.165, 1.54) is 11.3 Å². The van der Waals surface area contributed by atoms with Gasteiger partial charge in [0.15, 0.2) is 0 Å². The molecule has 8 heteroatoms. The molecule has 0 saturated carbocycles. The normalized spacial score (nSPS) is 16.2. The van der Waals surface area contributed by atoms with Gasteiger partial charge in [-0.15, -0.1) is 22.0 Å². The van der Waals surface area contributed by atoms with E-state index < -0.39 is 0 Å². The maximum atomic E-state index is 13.1. The van der Waals surface area contributed by atoms with Gasteiger partial charge < -0.3 is 4.90 Å². The monoisotopic (exact) mass is 424 g/mol. The number of aryl methyl sites for hydroxylation is 1. The molecule has 1 aliphatic heterocycles. The van der Waals surface area contributed by atoms with Crippen molar-refractivity contribution in [1.29, 1.82) is 0 Å². The van der Waals surface area contributed by atoms with E-state index in [4.69, 9.17) is 0 Å². The highest BCUT2D eigenvalue weighted by atomic mass is 32.2. The summed E-state index contributed by atoms with van der Waals surface area (Å²) in [4.78, 5) is 28.3. The first-order valence-electron chi connectivity index (χ1n) is 9.37. The van der Waals surface area contributed by atoms with Crippen LogP contribution in [0.1, 0.15) is 29.2 Å². The van der Waals surface area contributed by atoms with Gasteiger partial charge in [-0.05, 0) is 24.1 Å². The molecule has 4 rings (SSSR count). The predicted molar refractivity (Wildman–Crippen MR) is 116 cm³/mol. The van der Waals surface area contributed by atoms with Crippen LogP contribution in [0, 0.1) is 0 Å². The molecule has 0 radical (unpaired) electrons. The smallest absolute Gasteiger partial charge is 0.246 e. The number of para-hydroxylation sites is 1. The van der Waals surface area contributed by atoms with Crippen molar-refractivity contribution in [2.24, 2.45) is 0 Å². The number of carbonyl (C=O) groups is 2. The maximum Gasteiger partial charge on any atom is 0.246 e. The third kappa shape index (κ3) is 4.49. The van der Waals surface area contributed by atoms with Gasteiger partial charge in [0.25, 0.3) is 0 Å². The average Bonchev–Trinajstić information content (AvgIpc) is 3.14. The summed E-state index contributed by atoms with van der Waals surface area (Å²) in [6, 6.07) is 17.7. The van der Waals surface area contributed by atoms with Crippen LogP contribution in [0.25, 0.3) is 0 Å². The zero-order chi connectivity index (χ0) is 20.2. The Morgan fingerprint density at radius 1 is 1.14 bits per heavy atom. The number of aromatic nitrogens is 2. The minimum Gasteiger partial charge on any atom is -0.302 e. The Morgan fingerprint density at radius 2 is 1.90 bits per heavy atom. The summed E-state index contributed by atoms with van der Waals surface area (Å²) in [6.07, 6.45) is 1.10. The second-order valence-electron chi connectivity index (χ2n) is 6.57. The van der Waals surface area contributed by atoms with Crippen LogP contribution in [0.4, 0.5) is 10.8 Å². The van der Waals surface area contributed by atoms with Crippen molar-refractivity contribution >= 4 is 45.7 Å². The van der Waals surface area contributed by atoms with Gasteiger partial charge in [-0.3, -0.25) is 14.9 Å². The molecule has 1 aliphatic rings. The van der Waals surface area contributed by atoms with Gasteiger partial charge in [-0.1, -0.05) is 60.7 Å². The minimum atomic E-state index is -0.282. The zero-order valence-electron chi connectivity index (χ0n) is 15.9. The number of amides is 2. The lowest BCUT2D eigenvalue weighted by Crippen LogP contribution is -2.38. The van der Waals surface area contributed by atoms with Crippen LogP contribution < -0.4 is 10.2 Å². The Hall–Kier alpha value is -2.71. The predicted octanol–water partition coefficient (Wildman–Crippen LogP) is 4.31. The molecule has 0 aliphatic carbocycles. The fraction of sp³-hybridized carbons (Fsp3) is 0.238. The molecule has 1 N–H and O–H groups in total. The molecule has 0 bridgehead atoms. The number of rotatable bonds is 5. The molecular weight excluding hydrogens is 404 g/mol. The molecule has 2 aromatic carbocycles. The number of carbonyl (C=O) groups excluding carboxylic acids is 2. The van der Waals surface area contributed by atoms with Crippen molar-refractivity contribution in [1.82, 2.24) is 10.2 Å². The molecule has 2 heterocycles. The minimum absolute atomic E-state index is 0.00758. The van der Waals surface area contributed by atoms with Gasteiger partial charge in [-0.25, -0.2) is 0 Å². The first-order chi connectivity index (χ1) is 14.1. The molecule has 0 saturated heterocycles. The van der Waals surface area contributed by atoms with Gasteiger partial charge in [0, 0.05) is 16.6 Å². The number of anilines is 2. The van der Waals surface area contributed by atoms with Gasteiger partial charge in [0.05, 0.1) is 5.69 Å². The number of nitrogens with zero attached hydrogens (tertiary/aromatic N) is 3. The van der Waals surface area contributed by atoms with Gasteiger partial charge >= 0.3 is 0 Å². The van der Waals surface area contributed by atoms with Crippen LogP contribution >= 0.6 is 23.1 Å². The Balaban J connectivity index is 1.56. The molecule has 0 fully saturated rings. The van der Waals surface area contributed by atoms with Crippen molar-refractivity contribution in [3.8, 4) is 0 Å².